The van der Waals surface area contributed by atoms with Gasteiger partial charge in [0.2, 0.25) is 0 Å². The second-order valence-corrected chi connectivity index (χ2v) is 4.88. The molecule has 0 aromatic heterocycles. The number of ether oxygens (including phenoxy) is 1. The van der Waals surface area contributed by atoms with Crippen LogP contribution >= 0.6 is 0 Å². The standard InChI is InChI=1S/C12H23NO2/c1-9(2)8-11-5-4-10(13-11)6-7-12(14)15-3/h9-11,13H,4-8H2,1-3H3. The number of hydrogen-bond acceptors (Lipinski definition) is 3. The van der Waals surface area contributed by atoms with Gasteiger partial charge in [-0.05, 0) is 31.6 Å². The molecule has 0 spiro atoms. The topological polar surface area (TPSA) is 38.3 Å². The highest BCUT2D eigenvalue weighted by Gasteiger charge is 2.24. The molecule has 88 valence electrons. The molecule has 15 heavy (non-hydrogen) atoms. The SMILES string of the molecule is COC(=O)CCC1CCC(CC(C)C)N1. The van der Waals surface area contributed by atoms with Crippen LogP contribution in [0.3, 0.4) is 0 Å². The minimum atomic E-state index is -0.0934. The van der Waals surface area contributed by atoms with E-state index in [1.807, 2.05) is 0 Å². The van der Waals surface area contributed by atoms with Gasteiger partial charge in [-0.3, -0.25) is 4.79 Å². The summed E-state index contributed by atoms with van der Waals surface area (Å²) in [5.41, 5.74) is 0. The number of methoxy groups -OCH3 is 1. The molecule has 3 heteroatoms. The van der Waals surface area contributed by atoms with E-state index in [9.17, 15) is 4.79 Å². The fourth-order valence-corrected chi connectivity index (χ4v) is 2.28. The molecule has 3 nitrogen and oxygen atoms in total. The molecule has 0 radical (unpaired) electrons. The van der Waals surface area contributed by atoms with Gasteiger partial charge in [-0.1, -0.05) is 13.8 Å². The van der Waals surface area contributed by atoms with Gasteiger partial charge in [0.15, 0.2) is 0 Å². The second kappa shape index (κ2) is 6.11. The molecular formula is C12H23NO2. The van der Waals surface area contributed by atoms with Crippen molar-refractivity contribution in [3.8, 4) is 0 Å². The van der Waals surface area contributed by atoms with Crippen molar-refractivity contribution < 1.29 is 9.53 Å². The van der Waals surface area contributed by atoms with Crippen LogP contribution in [0.4, 0.5) is 0 Å². The summed E-state index contributed by atoms with van der Waals surface area (Å²) in [6.45, 7) is 4.51. The normalized spacial score (nSPS) is 25.9. The lowest BCUT2D eigenvalue weighted by molar-refractivity contribution is -0.140. The van der Waals surface area contributed by atoms with Crippen molar-refractivity contribution in [3.05, 3.63) is 0 Å². The summed E-state index contributed by atoms with van der Waals surface area (Å²) in [6.07, 6.45) is 5.16. The Balaban J connectivity index is 2.16. The van der Waals surface area contributed by atoms with Crippen molar-refractivity contribution in [3.63, 3.8) is 0 Å². The molecule has 1 rings (SSSR count). The van der Waals surface area contributed by atoms with Gasteiger partial charge >= 0.3 is 5.97 Å². The van der Waals surface area contributed by atoms with E-state index in [4.69, 9.17) is 0 Å². The first-order valence-corrected chi connectivity index (χ1v) is 5.94. The fourth-order valence-electron chi connectivity index (χ4n) is 2.28. The summed E-state index contributed by atoms with van der Waals surface area (Å²) < 4.78 is 4.63. The van der Waals surface area contributed by atoms with Crippen LogP contribution in [-0.2, 0) is 9.53 Å². The van der Waals surface area contributed by atoms with Gasteiger partial charge in [0.1, 0.15) is 0 Å². The Hall–Kier alpha value is -0.570. The molecule has 0 aromatic carbocycles. The van der Waals surface area contributed by atoms with E-state index >= 15 is 0 Å². The smallest absolute Gasteiger partial charge is 0.305 e. The molecular weight excluding hydrogens is 190 g/mol. The van der Waals surface area contributed by atoms with E-state index in [-0.39, 0.29) is 5.97 Å². The highest BCUT2D eigenvalue weighted by molar-refractivity contribution is 5.69. The molecule has 2 unspecified atom stereocenters. The molecule has 0 saturated carbocycles. The fraction of sp³-hybridized carbons (Fsp3) is 0.917. The first-order chi connectivity index (χ1) is 7.11. The van der Waals surface area contributed by atoms with Crippen molar-refractivity contribution in [1.29, 1.82) is 0 Å². The lowest BCUT2D eigenvalue weighted by Gasteiger charge is -2.15. The number of carbonyl (C=O) groups excluding carboxylic acids is 1. The van der Waals surface area contributed by atoms with Crippen LogP contribution in [0.25, 0.3) is 0 Å². The van der Waals surface area contributed by atoms with E-state index in [1.165, 1.54) is 26.4 Å². The molecule has 0 aliphatic carbocycles. The predicted molar refractivity (Wildman–Crippen MR) is 60.7 cm³/mol. The maximum atomic E-state index is 11.0. The number of rotatable bonds is 5. The van der Waals surface area contributed by atoms with Crippen LogP contribution < -0.4 is 5.32 Å². The summed E-state index contributed by atoms with van der Waals surface area (Å²) in [6, 6.07) is 1.18. The van der Waals surface area contributed by atoms with Crippen molar-refractivity contribution >= 4 is 5.97 Å². The monoisotopic (exact) mass is 213 g/mol. The Labute approximate surface area is 92.6 Å². The van der Waals surface area contributed by atoms with E-state index < -0.39 is 0 Å². The van der Waals surface area contributed by atoms with Crippen LogP contribution in [-0.4, -0.2) is 25.2 Å². The van der Waals surface area contributed by atoms with Gasteiger partial charge in [0.05, 0.1) is 7.11 Å². The largest absolute Gasteiger partial charge is 0.469 e. The van der Waals surface area contributed by atoms with Crippen molar-refractivity contribution in [2.45, 2.75) is 58.0 Å². The van der Waals surface area contributed by atoms with Crippen LogP contribution in [0.2, 0.25) is 0 Å². The van der Waals surface area contributed by atoms with Gasteiger partial charge in [-0.25, -0.2) is 0 Å². The van der Waals surface area contributed by atoms with E-state index in [2.05, 4.69) is 23.9 Å². The van der Waals surface area contributed by atoms with Crippen molar-refractivity contribution in [2.75, 3.05) is 7.11 Å². The molecule has 1 fully saturated rings. The predicted octanol–water partition coefficient (Wildman–Crippen LogP) is 2.11. The Morgan fingerprint density at radius 1 is 1.40 bits per heavy atom. The number of esters is 1. The average Bonchev–Trinajstić information content (AvgIpc) is 2.61. The van der Waals surface area contributed by atoms with Crippen LogP contribution in [0.15, 0.2) is 0 Å². The Kier molecular flexibility index (Phi) is 5.09. The molecule has 0 amide bonds. The molecule has 1 N–H and O–H groups in total. The maximum Gasteiger partial charge on any atom is 0.305 e. The van der Waals surface area contributed by atoms with Crippen LogP contribution in [0, 0.1) is 5.92 Å². The van der Waals surface area contributed by atoms with Gasteiger partial charge in [0, 0.05) is 18.5 Å². The zero-order chi connectivity index (χ0) is 11.3. The first-order valence-electron chi connectivity index (χ1n) is 5.94. The second-order valence-electron chi connectivity index (χ2n) is 4.88. The molecule has 1 heterocycles. The lowest BCUT2D eigenvalue weighted by atomic mass is 10.0. The van der Waals surface area contributed by atoms with Gasteiger partial charge in [-0.15, -0.1) is 0 Å². The zero-order valence-electron chi connectivity index (χ0n) is 10.1. The summed E-state index contributed by atoms with van der Waals surface area (Å²) >= 11 is 0. The van der Waals surface area contributed by atoms with E-state index in [0.717, 1.165) is 12.3 Å². The number of hydrogen-bond donors (Lipinski definition) is 1. The highest BCUT2D eigenvalue weighted by Crippen LogP contribution is 2.21. The Bertz CT molecular complexity index is 204. The van der Waals surface area contributed by atoms with Crippen molar-refractivity contribution in [2.24, 2.45) is 5.92 Å². The highest BCUT2D eigenvalue weighted by atomic mass is 16.5. The van der Waals surface area contributed by atoms with Gasteiger partial charge in [-0.2, -0.15) is 0 Å². The summed E-state index contributed by atoms with van der Waals surface area (Å²) in [7, 11) is 1.45. The van der Waals surface area contributed by atoms with Crippen LogP contribution in [0.5, 0.6) is 0 Å². The molecule has 1 aliphatic rings. The van der Waals surface area contributed by atoms with E-state index in [0.29, 0.717) is 18.5 Å². The minimum Gasteiger partial charge on any atom is -0.469 e. The summed E-state index contributed by atoms with van der Waals surface area (Å²) in [5, 5.41) is 3.59. The quantitative estimate of drug-likeness (QED) is 0.711. The summed E-state index contributed by atoms with van der Waals surface area (Å²) in [5.74, 6) is 0.658. The molecule has 1 saturated heterocycles. The zero-order valence-corrected chi connectivity index (χ0v) is 10.1. The number of carbonyl (C=O) groups is 1. The first kappa shape index (κ1) is 12.5. The van der Waals surface area contributed by atoms with Gasteiger partial charge in [0.25, 0.3) is 0 Å². The molecule has 1 aliphatic heterocycles. The molecule has 2 atom stereocenters. The lowest BCUT2D eigenvalue weighted by Crippen LogP contribution is -2.30. The summed E-state index contributed by atoms with van der Waals surface area (Å²) in [4.78, 5) is 11.0. The Morgan fingerprint density at radius 3 is 2.67 bits per heavy atom. The number of nitrogens with one attached hydrogen (secondary N) is 1. The third kappa shape index (κ3) is 4.65. The third-order valence-electron chi connectivity index (χ3n) is 3.02. The Morgan fingerprint density at radius 2 is 2.07 bits per heavy atom. The van der Waals surface area contributed by atoms with Gasteiger partial charge < -0.3 is 10.1 Å². The minimum absolute atomic E-state index is 0.0934. The third-order valence-corrected chi connectivity index (χ3v) is 3.02. The average molecular weight is 213 g/mol. The van der Waals surface area contributed by atoms with Crippen LogP contribution in [0.1, 0.15) is 46.0 Å². The molecule has 0 aromatic rings. The van der Waals surface area contributed by atoms with E-state index in [1.54, 1.807) is 0 Å². The molecule has 0 bridgehead atoms. The van der Waals surface area contributed by atoms with Crippen molar-refractivity contribution in [1.82, 2.24) is 5.32 Å². The maximum absolute atomic E-state index is 11.0.